The van der Waals surface area contributed by atoms with E-state index in [-0.39, 0.29) is 11.9 Å². The van der Waals surface area contributed by atoms with Crippen molar-refractivity contribution in [2.45, 2.75) is 39.3 Å². The van der Waals surface area contributed by atoms with Crippen molar-refractivity contribution in [1.29, 1.82) is 0 Å². The van der Waals surface area contributed by atoms with E-state index in [1.165, 1.54) is 19.2 Å². The normalized spacial score (nSPS) is 17.9. The van der Waals surface area contributed by atoms with Crippen molar-refractivity contribution in [2.24, 2.45) is 0 Å². The average Bonchev–Trinajstić information content (AvgIpc) is 2.97. The van der Waals surface area contributed by atoms with Gasteiger partial charge in [0.1, 0.15) is 12.2 Å². The maximum absolute atomic E-state index is 11.9. The van der Waals surface area contributed by atoms with Crippen molar-refractivity contribution < 1.29 is 4.79 Å². The fourth-order valence-electron chi connectivity index (χ4n) is 2.35. The van der Waals surface area contributed by atoms with Gasteiger partial charge in [0, 0.05) is 6.54 Å². The molecule has 0 aromatic carbocycles. The zero-order valence-electron chi connectivity index (χ0n) is 11.1. The van der Waals surface area contributed by atoms with Gasteiger partial charge in [0.25, 0.3) is 0 Å². The Morgan fingerprint density at radius 2 is 2.22 bits per heavy atom. The molecule has 2 heterocycles. The topological polar surface area (TPSA) is 63.1 Å². The summed E-state index contributed by atoms with van der Waals surface area (Å²) in [7, 11) is 0. The minimum Gasteiger partial charge on any atom is -0.345 e. The Labute approximate surface area is 107 Å². The highest BCUT2D eigenvalue weighted by molar-refractivity contribution is 5.78. The van der Waals surface area contributed by atoms with Crippen LogP contribution in [0, 0.1) is 0 Å². The molecule has 1 atom stereocenters. The molecule has 1 saturated heterocycles. The monoisotopic (exact) mass is 251 g/mol. The molecular formula is C12H21N5O. The number of aryl methyl sites for hydroxylation is 1. The molecule has 0 spiro atoms. The summed E-state index contributed by atoms with van der Waals surface area (Å²) in [6.07, 6.45) is 3.93. The van der Waals surface area contributed by atoms with Gasteiger partial charge >= 0.3 is 0 Å². The maximum atomic E-state index is 11.9. The van der Waals surface area contributed by atoms with Gasteiger partial charge in [0.15, 0.2) is 0 Å². The fraction of sp³-hybridized carbons (Fsp3) is 0.750. The van der Waals surface area contributed by atoms with Gasteiger partial charge in [-0.1, -0.05) is 0 Å². The van der Waals surface area contributed by atoms with E-state index in [0.717, 1.165) is 25.5 Å². The van der Waals surface area contributed by atoms with Crippen molar-refractivity contribution >= 4 is 5.91 Å². The number of carbonyl (C=O) groups is 1. The van der Waals surface area contributed by atoms with E-state index in [9.17, 15) is 4.79 Å². The van der Waals surface area contributed by atoms with Crippen molar-refractivity contribution in [1.82, 2.24) is 25.0 Å². The van der Waals surface area contributed by atoms with Gasteiger partial charge in [-0.3, -0.25) is 9.69 Å². The largest absolute Gasteiger partial charge is 0.345 e. The molecule has 1 aliphatic heterocycles. The zero-order valence-corrected chi connectivity index (χ0v) is 11.1. The Kier molecular flexibility index (Phi) is 4.30. The molecule has 1 unspecified atom stereocenters. The summed E-state index contributed by atoms with van der Waals surface area (Å²) in [6, 6.07) is -0.0949. The molecule has 6 nitrogen and oxygen atoms in total. The first kappa shape index (κ1) is 13.0. The third-order valence-electron chi connectivity index (χ3n) is 3.28. The Balaban J connectivity index is 1.86. The number of carbonyl (C=O) groups excluding carboxylic acids is 1. The highest BCUT2D eigenvalue weighted by Crippen LogP contribution is 2.09. The van der Waals surface area contributed by atoms with E-state index in [4.69, 9.17) is 0 Å². The Morgan fingerprint density at radius 1 is 1.50 bits per heavy atom. The van der Waals surface area contributed by atoms with Gasteiger partial charge in [-0.2, -0.15) is 5.10 Å². The SMILES string of the molecule is CCn1ncnc1C(C)NC(=O)CN1CCCC1. The minimum atomic E-state index is -0.0949. The van der Waals surface area contributed by atoms with Crippen molar-refractivity contribution in [3.63, 3.8) is 0 Å². The first-order chi connectivity index (χ1) is 8.70. The number of hydrogen-bond acceptors (Lipinski definition) is 4. The molecule has 6 heteroatoms. The number of amides is 1. The van der Waals surface area contributed by atoms with Crippen LogP contribution in [0.5, 0.6) is 0 Å². The van der Waals surface area contributed by atoms with Gasteiger partial charge in [-0.05, 0) is 39.8 Å². The second kappa shape index (κ2) is 5.95. The maximum Gasteiger partial charge on any atom is 0.234 e. The molecule has 1 fully saturated rings. The van der Waals surface area contributed by atoms with Crippen molar-refractivity contribution in [3.05, 3.63) is 12.2 Å². The Morgan fingerprint density at radius 3 is 2.89 bits per heavy atom. The van der Waals surface area contributed by atoms with Crippen LogP contribution in [0.2, 0.25) is 0 Å². The standard InChI is InChI=1S/C12H21N5O/c1-3-17-12(13-9-14-17)10(2)15-11(18)8-16-6-4-5-7-16/h9-10H,3-8H2,1-2H3,(H,15,18). The minimum absolute atomic E-state index is 0.0649. The third kappa shape index (κ3) is 3.07. The Hall–Kier alpha value is -1.43. The molecule has 18 heavy (non-hydrogen) atoms. The average molecular weight is 251 g/mol. The second-order valence-corrected chi connectivity index (χ2v) is 4.71. The number of aromatic nitrogens is 3. The van der Waals surface area contributed by atoms with E-state index < -0.39 is 0 Å². The van der Waals surface area contributed by atoms with Crippen LogP contribution in [0.4, 0.5) is 0 Å². The number of nitrogens with zero attached hydrogens (tertiary/aromatic N) is 4. The van der Waals surface area contributed by atoms with Crippen LogP contribution in [-0.4, -0.2) is 45.2 Å². The van der Waals surface area contributed by atoms with Crippen LogP contribution in [0.1, 0.15) is 38.6 Å². The first-order valence-corrected chi connectivity index (χ1v) is 6.60. The van der Waals surface area contributed by atoms with Gasteiger partial charge < -0.3 is 5.32 Å². The number of nitrogens with one attached hydrogen (secondary N) is 1. The number of likely N-dealkylation sites (tertiary alicyclic amines) is 1. The van der Waals surface area contributed by atoms with Crippen LogP contribution in [0.25, 0.3) is 0 Å². The van der Waals surface area contributed by atoms with Crippen LogP contribution < -0.4 is 5.32 Å². The quantitative estimate of drug-likeness (QED) is 0.831. The summed E-state index contributed by atoms with van der Waals surface area (Å²) in [4.78, 5) is 18.3. The van der Waals surface area contributed by atoms with E-state index in [1.54, 1.807) is 4.68 Å². The third-order valence-corrected chi connectivity index (χ3v) is 3.28. The van der Waals surface area contributed by atoms with E-state index in [2.05, 4.69) is 20.3 Å². The Bertz CT molecular complexity index is 397. The van der Waals surface area contributed by atoms with E-state index in [0.29, 0.717) is 6.54 Å². The molecule has 1 aromatic rings. The molecule has 0 saturated carbocycles. The zero-order chi connectivity index (χ0) is 13.0. The number of rotatable bonds is 5. The summed E-state index contributed by atoms with van der Waals surface area (Å²) >= 11 is 0. The molecule has 0 aliphatic carbocycles. The lowest BCUT2D eigenvalue weighted by Crippen LogP contribution is -2.37. The summed E-state index contributed by atoms with van der Waals surface area (Å²) in [6.45, 7) is 7.28. The first-order valence-electron chi connectivity index (χ1n) is 6.60. The van der Waals surface area contributed by atoms with Crippen LogP contribution in [0.3, 0.4) is 0 Å². The number of hydrogen-bond donors (Lipinski definition) is 1. The molecule has 0 radical (unpaired) electrons. The van der Waals surface area contributed by atoms with Gasteiger partial charge in [0.05, 0.1) is 12.6 Å². The molecule has 2 rings (SSSR count). The molecule has 1 aliphatic rings. The highest BCUT2D eigenvalue weighted by atomic mass is 16.2. The molecular weight excluding hydrogens is 230 g/mol. The van der Waals surface area contributed by atoms with E-state index >= 15 is 0 Å². The van der Waals surface area contributed by atoms with Gasteiger partial charge in [-0.25, -0.2) is 9.67 Å². The van der Waals surface area contributed by atoms with Crippen molar-refractivity contribution in [2.75, 3.05) is 19.6 Å². The lowest BCUT2D eigenvalue weighted by atomic mass is 10.3. The summed E-state index contributed by atoms with van der Waals surface area (Å²) in [5.41, 5.74) is 0. The van der Waals surface area contributed by atoms with Crippen molar-refractivity contribution in [3.8, 4) is 0 Å². The predicted octanol–water partition coefficient (Wildman–Crippen LogP) is 0.571. The van der Waals surface area contributed by atoms with Crippen LogP contribution >= 0.6 is 0 Å². The molecule has 0 bridgehead atoms. The van der Waals surface area contributed by atoms with E-state index in [1.807, 2.05) is 13.8 Å². The van der Waals surface area contributed by atoms with Gasteiger partial charge in [0.2, 0.25) is 5.91 Å². The van der Waals surface area contributed by atoms with Crippen LogP contribution in [-0.2, 0) is 11.3 Å². The van der Waals surface area contributed by atoms with Crippen LogP contribution in [0.15, 0.2) is 6.33 Å². The van der Waals surface area contributed by atoms with Gasteiger partial charge in [-0.15, -0.1) is 0 Å². The fourth-order valence-corrected chi connectivity index (χ4v) is 2.35. The smallest absolute Gasteiger partial charge is 0.234 e. The summed E-state index contributed by atoms with van der Waals surface area (Å²) in [5, 5.41) is 7.09. The second-order valence-electron chi connectivity index (χ2n) is 4.71. The molecule has 1 aromatic heterocycles. The molecule has 1 amide bonds. The lowest BCUT2D eigenvalue weighted by molar-refractivity contribution is -0.122. The summed E-state index contributed by atoms with van der Waals surface area (Å²) < 4.78 is 1.81. The lowest BCUT2D eigenvalue weighted by Gasteiger charge is -2.17. The summed E-state index contributed by atoms with van der Waals surface area (Å²) in [5.74, 6) is 0.877. The highest BCUT2D eigenvalue weighted by Gasteiger charge is 2.18. The molecule has 1 N–H and O–H groups in total. The molecule has 100 valence electrons. The predicted molar refractivity (Wildman–Crippen MR) is 67.9 cm³/mol.